The van der Waals surface area contributed by atoms with Crippen LogP contribution in [0.3, 0.4) is 0 Å². The third-order valence-electron chi connectivity index (χ3n) is 4.68. The summed E-state index contributed by atoms with van der Waals surface area (Å²) in [7, 11) is 1.68. The number of nitrogens with zero attached hydrogens (tertiary/aromatic N) is 2. The zero-order chi connectivity index (χ0) is 19.9. The lowest BCUT2D eigenvalue weighted by molar-refractivity contribution is 0.0685. The van der Waals surface area contributed by atoms with Crippen molar-refractivity contribution in [3.05, 3.63) is 24.0 Å². The van der Waals surface area contributed by atoms with Crippen LogP contribution in [0.15, 0.2) is 23.5 Å². The molecular formula is C21H36N2O3S. The Hall–Kier alpha value is -1.27. The molecule has 1 heterocycles. The van der Waals surface area contributed by atoms with Crippen LogP contribution in [0.2, 0.25) is 0 Å². The van der Waals surface area contributed by atoms with E-state index in [4.69, 9.17) is 5.11 Å². The molecule has 0 saturated carbocycles. The SMILES string of the molecule is CCCCCCCCCCCC/C=C\C(CO)Sc1ncc(C(=O)O)n1C. The van der Waals surface area contributed by atoms with Crippen molar-refractivity contribution < 1.29 is 15.0 Å². The summed E-state index contributed by atoms with van der Waals surface area (Å²) in [5, 5.41) is 19.1. The molecule has 0 aliphatic heterocycles. The Bertz CT molecular complexity index is 558. The standard InChI is InChI=1S/C21H36N2O3S/c1-3-4-5-6-7-8-9-10-11-12-13-14-15-18(17-24)27-21-22-16-19(20(25)26)23(21)2/h14-16,18,24H,3-13,17H2,1-2H3,(H,25,26)/b15-14-. The first kappa shape index (κ1) is 23.8. The normalized spacial score (nSPS) is 12.7. The van der Waals surface area contributed by atoms with Gasteiger partial charge < -0.3 is 14.8 Å². The Morgan fingerprint density at radius 2 is 1.74 bits per heavy atom. The van der Waals surface area contributed by atoms with Gasteiger partial charge >= 0.3 is 5.97 Å². The lowest BCUT2D eigenvalue weighted by Gasteiger charge is -2.09. The summed E-state index contributed by atoms with van der Waals surface area (Å²) in [5.74, 6) is -0.992. The fraction of sp³-hybridized carbons (Fsp3) is 0.714. The van der Waals surface area contributed by atoms with Crippen molar-refractivity contribution in [3.8, 4) is 0 Å². The number of rotatable bonds is 16. The highest BCUT2D eigenvalue weighted by Gasteiger charge is 2.15. The number of imidazole rings is 1. The van der Waals surface area contributed by atoms with Gasteiger partial charge in [-0.2, -0.15) is 0 Å². The highest BCUT2D eigenvalue weighted by Crippen LogP contribution is 2.23. The van der Waals surface area contributed by atoms with E-state index in [0.29, 0.717) is 5.16 Å². The quantitative estimate of drug-likeness (QED) is 0.221. The summed E-state index contributed by atoms with van der Waals surface area (Å²) >= 11 is 1.39. The molecule has 0 amide bonds. The first-order valence-electron chi connectivity index (χ1n) is 10.3. The van der Waals surface area contributed by atoms with Gasteiger partial charge in [0, 0.05) is 7.05 Å². The Morgan fingerprint density at radius 1 is 1.15 bits per heavy atom. The molecule has 0 aromatic carbocycles. The number of allylic oxidation sites excluding steroid dienone is 1. The van der Waals surface area contributed by atoms with E-state index in [9.17, 15) is 9.90 Å². The Morgan fingerprint density at radius 3 is 2.26 bits per heavy atom. The minimum Gasteiger partial charge on any atom is -0.477 e. The maximum Gasteiger partial charge on any atom is 0.354 e. The number of aliphatic hydroxyl groups is 1. The van der Waals surface area contributed by atoms with E-state index >= 15 is 0 Å². The van der Waals surface area contributed by atoms with Gasteiger partial charge in [-0.15, -0.1) is 0 Å². The summed E-state index contributed by atoms with van der Waals surface area (Å²) in [4.78, 5) is 15.2. The molecule has 6 heteroatoms. The average Bonchev–Trinajstić information content (AvgIpc) is 3.02. The fourth-order valence-electron chi connectivity index (χ4n) is 2.97. The molecule has 0 aliphatic carbocycles. The van der Waals surface area contributed by atoms with Gasteiger partial charge in [-0.05, 0) is 12.8 Å². The topological polar surface area (TPSA) is 75.3 Å². The van der Waals surface area contributed by atoms with Crippen molar-refractivity contribution in [2.24, 2.45) is 7.05 Å². The molecule has 0 bridgehead atoms. The van der Waals surface area contributed by atoms with Gasteiger partial charge in [0.1, 0.15) is 5.69 Å². The number of thioether (sulfide) groups is 1. The van der Waals surface area contributed by atoms with Crippen molar-refractivity contribution >= 4 is 17.7 Å². The van der Waals surface area contributed by atoms with Crippen LogP contribution in [0, 0.1) is 0 Å². The molecule has 1 rings (SSSR count). The van der Waals surface area contributed by atoms with Gasteiger partial charge in [0.15, 0.2) is 5.16 Å². The van der Waals surface area contributed by atoms with Crippen LogP contribution in [-0.4, -0.2) is 37.6 Å². The zero-order valence-corrected chi connectivity index (χ0v) is 17.7. The average molecular weight is 397 g/mol. The summed E-state index contributed by atoms with van der Waals surface area (Å²) in [6, 6.07) is 0. The van der Waals surface area contributed by atoms with Gasteiger partial charge in [0.2, 0.25) is 0 Å². The van der Waals surface area contributed by atoms with Gasteiger partial charge in [-0.3, -0.25) is 0 Å². The van der Waals surface area contributed by atoms with E-state index in [1.54, 1.807) is 11.6 Å². The lowest BCUT2D eigenvalue weighted by Crippen LogP contribution is -2.09. The highest BCUT2D eigenvalue weighted by atomic mass is 32.2. The Balaban J connectivity index is 2.15. The molecule has 1 unspecified atom stereocenters. The van der Waals surface area contributed by atoms with Gasteiger partial charge in [0.25, 0.3) is 0 Å². The van der Waals surface area contributed by atoms with E-state index in [-0.39, 0.29) is 17.6 Å². The number of aliphatic hydroxyl groups excluding tert-OH is 1. The maximum atomic E-state index is 11.1. The number of carboxylic acid groups (broad SMARTS) is 1. The van der Waals surface area contributed by atoms with Crippen molar-refractivity contribution in [2.45, 2.75) is 88.0 Å². The predicted molar refractivity (Wildman–Crippen MR) is 112 cm³/mol. The van der Waals surface area contributed by atoms with Gasteiger partial charge in [0.05, 0.1) is 18.1 Å². The number of carbonyl (C=O) groups is 1. The molecule has 5 nitrogen and oxygen atoms in total. The van der Waals surface area contributed by atoms with Crippen LogP contribution in [0.5, 0.6) is 0 Å². The molecule has 1 aromatic rings. The molecule has 1 atom stereocenters. The van der Waals surface area contributed by atoms with Crippen LogP contribution in [0.25, 0.3) is 0 Å². The molecule has 2 N–H and O–H groups in total. The summed E-state index contributed by atoms with van der Waals surface area (Å²) in [6.45, 7) is 2.26. The second-order valence-electron chi connectivity index (χ2n) is 7.03. The van der Waals surface area contributed by atoms with E-state index in [0.717, 1.165) is 6.42 Å². The van der Waals surface area contributed by atoms with Crippen molar-refractivity contribution in [1.29, 1.82) is 0 Å². The Kier molecular flexibility index (Phi) is 13.0. The third-order valence-corrected chi connectivity index (χ3v) is 5.88. The number of unbranched alkanes of at least 4 members (excludes halogenated alkanes) is 10. The molecule has 1 aromatic heterocycles. The molecule has 27 heavy (non-hydrogen) atoms. The monoisotopic (exact) mass is 396 g/mol. The van der Waals surface area contributed by atoms with Crippen molar-refractivity contribution in [3.63, 3.8) is 0 Å². The molecular weight excluding hydrogens is 360 g/mol. The maximum absolute atomic E-state index is 11.1. The highest BCUT2D eigenvalue weighted by molar-refractivity contribution is 8.00. The fourth-order valence-corrected chi connectivity index (χ4v) is 3.88. The van der Waals surface area contributed by atoms with Crippen LogP contribution in [-0.2, 0) is 7.05 Å². The zero-order valence-electron chi connectivity index (χ0n) is 16.9. The summed E-state index contributed by atoms with van der Waals surface area (Å²) in [6.07, 6.45) is 19.8. The van der Waals surface area contributed by atoms with E-state index in [1.807, 2.05) is 6.08 Å². The smallest absolute Gasteiger partial charge is 0.354 e. The molecule has 0 aliphatic rings. The number of aromatic carboxylic acids is 1. The van der Waals surface area contributed by atoms with Crippen LogP contribution in [0.1, 0.15) is 88.0 Å². The third kappa shape index (κ3) is 10.0. The Labute approximate surface area is 168 Å². The van der Waals surface area contributed by atoms with E-state index < -0.39 is 5.97 Å². The number of aromatic nitrogens is 2. The summed E-state index contributed by atoms with van der Waals surface area (Å²) < 4.78 is 1.55. The largest absolute Gasteiger partial charge is 0.477 e. The van der Waals surface area contributed by atoms with E-state index in [1.165, 1.54) is 82.2 Å². The molecule has 0 spiro atoms. The van der Waals surface area contributed by atoms with Crippen LogP contribution < -0.4 is 0 Å². The number of hydrogen-bond acceptors (Lipinski definition) is 4. The van der Waals surface area contributed by atoms with E-state index in [2.05, 4.69) is 18.0 Å². The molecule has 154 valence electrons. The predicted octanol–water partition coefficient (Wildman–Crippen LogP) is 5.44. The minimum absolute atomic E-state index is 0.00840. The second kappa shape index (κ2) is 14.7. The van der Waals surface area contributed by atoms with Crippen LogP contribution >= 0.6 is 11.8 Å². The van der Waals surface area contributed by atoms with Crippen molar-refractivity contribution in [1.82, 2.24) is 9.55 Å². The first-order valence-corrected chi connectivity index (χ1v) is 11.2. The molecule has 0 saturated heterocycles. The first-order chi connectivity index (χ1) is 13.1. The van der Waals surface area contributed by atoms with Gasteiger partial charge in [-0.25, -0.2) is 9.78 Å². The van der Waals surface area contributed by atoms with Gasteiger partial charge in [-0.1, -0.05) is 88.6 Å². The molecule has 0 fully saturated rings. The minimum atomic E-state index is -0.992. The lowest BCUT2D eigenvalue weighted by atomic mass is 10.1. The number of hydrogen-bond donors (Lipinski definition) is 2. The van der Waals surface area contributed by atoms with Crippen LogP contribution in [0.4, 0.5) is 0 Å². The molecule has 0 radical (unpaired) electrons. The summed E-state index contributed by atoms with van der Waals surface area (Å²) in [5.41, 5.74) is 0.156. The number of carboxylic acids is 1. The second-order valence-corrected chi connectivity index (χ2v) is 8.23. The van der Waals surface area contributed by atoms with Crippen molar-refractivity contribution in [2.75, 3.05) is 6.61 Å².